The fraction of sp³-hybridized carbons (Fsp3) is 0.182. The lowest BCUT2D eigenvalue weighted by Gasteiger charge is -2.05. The minimum atomic E-state index is -0.646. The number of carbonyl (C=O) groups excluding carboxylic acids is 1. The summed E-state index contributed by atoms with van der Waals surface area (Å²) in [6.45, 7) is 4.21. The number of rotatable bonds is 5. The molecule has 1 rings (SSSR count). The summed E-state index contributed by atoms with van der Waals surface area (Å²) in [5, 5.41) is 3.36. The van der Waals surface area contributed by atoms with Gasteiger partial charge in [-0.05, 0) is 12.1 Å². The lowest BCUT2D eigenvalue weighted by molar-refractivity contribution is 0.1000. The molecule has 86 valence electrons. The molecule has 3 N–H and O–H groups in total. The van der Waals surface area contributed by atoms with Crippen LogP contribution in [0.2, 0.25) is 0 Å². The van der Waals surface area contributed by atoms with Gasteiger partial charge in [-0.1, -0.05) is 24.2 Å². The quantitative estimate of drug-likeness (QED) is 0.827. The van der Waals surface area contributed by atoms with E-state index in [2.05, 4.69) is 11.9 Å². The van der Waals surface area contributed by atoms with E-state index in [1.54, 1.807) is 0 Å². The van der Waals surface area contributed by atoms with Gasteiger partial charge in [-0.3, -0.25) is 4.79 Å². The SMILES string of the molecule is C=C(Cl)CNCc1ccc(C(N)=O)cc1F. The third-order valence-electron chi connectivity index (χ3n) is 1.97. The summed E-state index contributed by atoms with van der Waals surface area (Å²) in [5.41, 5.74) is 5.63. The van der Waals surface area contributed by atoms with Crippen molar-refractivity contribution in [2.75, 3.05) is 6.54 Å². The Balaban J connectivity index is 2.68. The van der Waals surface area contributed by atoms with Crippen LogP contribution in [0.15, 0.2) is 29.8 Å². The average Bonchev–Trinajstić information content (AvgIpc) is 2.19. The summed E-state index contributed by atoms with van der Waals surface area (Å²) in [7, 11) is 0. The molecule has 16 heavy (non-hydrogen) atoms. The van der Waals surface area contributed by atoms with E-state index in [1.807, 2.05) is 0 Å². The van der Waals surface area contributed by atoms with Crippen molar-refractivity contribution in [2.24, 2.45) is 5.73 Å². The minimum Gasteiger partial charge on any atom is -0.366 e. The van der Waals surface area contributed by atoms with Gasteiger partial charge in [0.15, 0.2) is 0 Å². The third kappa shape index (κ3) is 3.64. The highest BCUT2D eigenvalue weighted by atomic mass is 35.5. The molecule has 0 aliphatic rings. The third-order valence-corrected chi connectivity index (χ3v) is 2.10. The van der Waals surface area contributed by atoms with Crippen LogP contribution in [0, 0.1) is 5.82 Å². The molecule has 0 spiro atoms. The number of halogens is 2. The molecule has 0 aliphatic carbocycles. The predicted molar refractivity (Wildman–Crippen MR) is 61.6 cm³/mol. The summed E-state index contributed by atoms with van der Waals surface area (Å²) in [4.78, 5) is 10.8. The van der Waals surface area contributed by atoms with Crippen LogP contribution < -0.4 is 11.1 Å². The largest absolute Gasteiger partial charge is 0.366 e. The zero-order valence-corrected chi connectivity index (χ0v) is 9.35. The highest BCUT2D eigenvalue weighted by Crippen LogP contribution is 2.10. The summed E-state index contributed by atoms with van der Waals surface area (Å²) in [5.74, 6) is -1.11. The Kier molecular flexibility index (Phi) is 4.46. The Morgan fingerprint density at radius 2 is 2.25 bits per heavy atom. The predicted octanol–water partition coefficient (Wildman–Crippen LogP) is 1.77. The Morgan fingerprint density at radius 3 is 2.75 bits per heavy atom. The van der Waals surface area contributed by atoms with E-state index in [4.69, 9.17) is 17.3 Å². The molecule has 0 bridgehead atoms. The first-order chi connectivity index (χ1) is 7.50. The van der Waals surface area contributed by atoms with Crippen LogP contribution in [0.1, 0.15) is 15.9 Å². The Morgan fingerprint density at radius 1 is 1.56 bits per heavy atom. The molecular weight excluding hydrogens is 231 g/mol. The van der Waals surface area contributed by atoms with E-state index in [0.29, 0.717) is 23.7 Å². The van der Waals surface area contributed by atoms with E-state index in [1.165, 1.54) is 12.1 Å². The summed E-state index contributed by atoms with van der Waals surface area (Å²) >= 11 is 5.54. The van der Waals surface area contributed by atoms with Crippen LogP contribution in [-0.4, -0.2) is 12.5 Å². The molecule has 5 heteroatoms. The molecule has 1 aromatic rings. The topological polar surface area (TPSA) is 55.1 Å². The number of hydrogen-bond acceptors (Lipinski definition) is 2. The Bertz CT molecular complexity index is 420. The smallest absolute Gasteiger partial charge is 0.248 e. The van der Waals surface area contributed by atoms with Crippen LogP contribution in [-0.2, 0) is 6.54 Å². The van der Waals surface area contributed by atoms with Crippen LogP contribution in [0.25, 0.3) is 0 Å². The fourth-order valence-electron chi connectivity index (χ4n) is 1.18. The van der Waals surface area contributed by atoms with E-state index >= 15 is 0 Å². The van der Waals surface area contributed by atoms with Crippen molar-refractivity contribution in [1.29, 1.82) is 0 Å². The zero-order chi connectivity index (χ0) is 12.1. The van der Waals surface area contributed by atoms with Gasteiger partial charge in [0.1, 0.15) is 5.82 Å². The van der Waals surface area contributed by atoms with Gasteiger partial charge in [0, 0.05) is 29.2 Å². The van der Waals surface area contributed by atoms with E-state index < -0.39 is 11.7 Å². The number of primary amides is 1. The van der Waals surface area contributed by atoms with Gasteiger partial charge in [0.25, 0.3) is 0 Å². The van der Waals surface area contributed by atoms with Crippen molar-refractivity contribution in [1.82, 2.24) is 5.32 Å². The highest BCUT2D eigenvalue weighted by Gasteiger charge is 2.06. The second kappa shape index (κ2) is 5.63. The monoisotopic (exact) mass is 242 g/mol. The molecule has 0 saturated heterocycles. The lowest BCUT2D eigenvalue weighted by atomic mass is 10.1. The average molecular weight is 243 g/mol. The van der Waals surface area contributed by atoms with Crippen molar-refractivity contribution in [3.63, 3.8) is 0 Å². The minimum absolute atomic E-state index is 0.156. The van der Waals surface area contributed by atoms with Crippen LogP contribution in [0.3, 0.4) is 0 Å². The first kappa shape index (κ1) is 12.7. The molecule has 0 aliphatic heterocycles. The number of benzene rings is 1. The summed E-state index contributed by atoms with van der Waals surface area (Å²) in [6, 6.07) is 4.12. The molecule has 1 aromatic carbocycles. The summed E-state index contributed by atoms with van der Waals surface area (Å²) < 4.78 is 13.4. The molecule has 0 heterocycles. The van der Waals surface area contributed by atoms with Gasteiger partial charge in [-0.25, -0.2) is 4.39 Å². The van der Waals surface area contributed by atoms with Crippen LogP contribution in [0.4, 0.5) is 4.39 Å². The maximum Gasteiger partial charge on any atom is 0.248 e. The van der Waals surface area contributed by atoms with Gasteiger partial charge in [0.05, 0.1) is 0 Å². The molecule has 0 radical (unpaired) electrons. The van der Waals surface area contributed by atoms with E-state index in [9.17, 15) is 9.18 Å². The van der Waals surface area contributed by atoms with Gasteiger partial charge in [-0.2, -0.15) is 0 Å². The van der Waals surface area contributed by atoms with Crippen molar-refractivity contribution in [2.45, 2.75) is 6.54 Å². The standard InChI is InChI=1S/C11H12ClFN2O/c1-7(12)5-15-6-9-3-2-8(11(14)16)4-10(9)13/h2-4,15H,1,5-6H2,(H2,14,16). The molecule has 0 fully saturated rings. The molecule has 0 atom stereocenters. The number of amides is 1. The first-order valence-corrected chi connectivity index (χ1v) is 5.00. The summed E-state index contributed by atoms with van der Waals surface area (Å²) in [6.07, 6.45) is 0. The molecule has 0 aromatic heterocycles. The van der Waals surface area contributed by atoms with E-state index in [-0.39, 0.29) is 5.56 Å². The van der Waals surface area contributed by atoms with Crippen LogP contribution >= 0.6 is 11.6 Å². The van der Waals surface area contributed by atoms with Gasteiger partial charge >= 0.3 is 0 Å². The molecule has 0 unspecified atom stereocenters. The normalized spacial score (nSPS) is 10.1. The number of nitrogens with one attached hydrogen (secondary N) is 1. The number of nitrogens with two attached hydrogens (primary N) is 1. The van der Waals surface area contributed by atoms with Gasteiger partial charge in [0.2, 0.25) is 5.91 Å². The maximum absolute atomic E-state index is 13.4. The Labute approximate surface area is 98.1 Å². The van der Waals surface area contributed by atoms with Crippen molar-refractivity contribution in [3.05, 3.63) is 46.8 Å². The van der Waals surface area contributed by atoms with Crippen molar-refractivity contribution >= 4 is 17.5 Å². The second-order valence-corrected chi connectivity index (χ2v) is 3.83. The van der Waals surface area contributed by atoms with Crippen molar-refractivity contribution < 1.29 is 9.18 Å². The van der Waals surface area contributed by atoms with Crippen molar-refractivity contribution in [3.8, 4) is 0 Å². The maximum atomic E-state index is 13.4. The fourth-order valence-corrected chi connectivity index (χ4v) is 1.27. The Hall–Kier alpha value is -1.39. The number of hydrogen-bond donors (Lipinski definition) is 2. The molecular formula is C11H12ClFN2O. The first-order valence-electron chi connectivity index (χ1n) is 4.63. The van der Waals surface area contributed by atoms with Gasteiger partial charge < -0.3 is 11.1 Å². The number of carbonyl (C=O) groups is 1. The second-order valence-electron chi connectivity index (χ2n) is 3.29. The zero-order valence-electron chi connectivity index (χ0n) is 8.59. The molecule has 0 saturated carbocycles. The van der Waals surface area contributed by atoms with Crippen LogP contribution in [0.5, 0.6) is 0 Å². The van der Waals surface area contributed by atoms with Gasteiger partial charge in [-0.15, -0.1) is 0 Å². The lowest BCUT2D eigenvalue weighted by Crippen LogP contribution is -2.16. The highest BCUT2D eigenvalue weighted by molar-refractivity contribution is 6.29. The van der Waals surface area contributed by atoms with E-state index in [0.717, 1.165) is 6.07 Å². The molecule has 1 amide bonds. The molecule has 3 nitrogen and oxygen atoms in total.